The molecule has 0 amide bonds. The molecule has 3 saturated carbocycles. The standard InChI is InChI=1S/C25H34FNO4/c1-22(2,29)17-14-23-7-8-25(17,30-3)21-24(23)9-12-27(11-4-10-26)18(23)13-15-5-6-16(28)20(31-21)19(15)24/h5-6,17-18,21,28-29H,4,7-14H2,1-3H3/t17-,18?,21-,23-,24?,25-/m1/s1/i26-1. The van der Waals surface area contributed by atoms with Crippen LogP contribution in [-0.4, -0.2) is 65.3 Å². The first-order valence-electron chi connectivity index (χ1n) is 11.8. The fraction of sp³-hybridized carbons (Fsp3) is 0.760. The number of phenols is 1. The summed E-state index contributed by atoms with van der Waals surface area (Å²) in [6, 6.07) is 4.12. The van der Waals surface area contributed by atoms with Gasteiger partial charge in [0.05, 0.1) is 12.3 Å². The number of benzene rings is 1. The van der Waals surface area contributed by atoms with Crippen molar-refractivity contribution in [2.24, 2.45) is 11.3 Å². The highest BCUT2D eigenvalue weighted by molar-refractivity contribution is 5.63. The van der Waals surface area contributed by atoms with Gasteiger partial charge >= 0.3 is 0 Å². The van der Waals surface area contributed by atoms with Crippen LogP contribution in [0.5, 0.6) is 11.5 Å². The van der Waals surface area contributed by atoms with Gasteiger partial charge in [-0.3, -0.25) is 9.29 Å². The van der Waals surface area contributed by atoms with Gasteiger partial charge in [0.1, 0.15) is 11.7 Å². The lowest BCUT2D eigenvalue weighted by Gasteiger charge is -2.74. The van der Waals surface area contributed by atoms with Crippen molar-refractivity contribution in [3.63, 3.8) is 0 Å². The van der Waals surface area contributed by atoms with Crippen LogP contribution in [0.1, 0.15) is 57.1 Å². The molecule has 5 nitrogen and oxygen atoms in total. The number of aliphatic hydroxyl groups is 1. The number of phenolic OH excluding ortho intramolecular Hbond substituents is 1. The van der Waals surface area contributed by atoms with Crippen molar-refractivity contribution >= 4 is 0 Å². The monoisotopic (exact) mass is 430 g/mol. The highest BCUT2D eigenvalue weighted by Crippen LogP contribution is 2.77. The summed E-state index contributed by atoms with van der Waals surface area (Å²) >= 11 is 0. The van der Waals surface area contributed by atoms with Crippen LogP contribution < -0.4 is 4.74 Å². The first kappa shape index (κ1) is 20.3. The molecule has 31 heavy (non-hydrogen) atoms. The molecule has 4 fully saturated rings. The number of ether oxygens (including phenoxy) is 2. The molecule has 7 rings (SSSR count). The van der Waals surface area contributed by atoms with E-state index in [0.29, 0.717) is 18.2 Å². The van der Waals surface area contributed by atoms with E-state index in [1.165, 1.54) is 11.1 Å². The highest BCUT2D eigenvalue weighted by Gasteiger charge is 2.81. The molecular weight excluding hydrogens is 396 g/mol. The van der Waals surface area contributed by atoms with Crippen LogP contribution in [0.2, 0.25) is 0 Å². The van der Waals surface area contributed by atoms with E-state index in [0.717, 1.165) is 45.2 Å². The average Bonchev–Trinajstić information content (AvgIpc) is 3.11. The van der Waals surface area contributed by atoms with Crippen LogP contribution in [-0.2, 0) is 16.6 Å². The molecule has 0 radical (unpaired) electrons. The van der Waals surface area contributed by atoms with Crippen molar-refractivity contribution in [1.82, 2.24) is 4.90 Å². The number of fused-ring (bicyclic) bond motifs is 2. The molecular formula is C25H34FNO4. The van der Waals surface area contributed by atoms with E-state index in [-0.39, 0.29) is 35.3 Å². The van der Waals surface area contributed by atoms with Crippen molar-refractivity contribution in [3.8, 4) is 11.5 Å². The second-order valence-electron chi connectivity index (χ2n) is 11.2. The number of halogens is 1. The summed E-state index contributed by atoms with van der Waals surface area (Å²) in [6.07, 6.45) is 4.87. The van der Waals surface area contributed by atoms with E-state index in [9.17, 15) is 14.6 Å². The van der Waals surface area contributed by atoms with Gasteiger partial charge in [-0.25, -0.2) is 0 Å². The first-order valence-corrected chi connectivity index (χ1v) is 11.8. The molecule has 2 heterocycles. The molecule has 0 aromatic heterocycles. The SMILES string of the molecule is CO[C@]12CC[C@@]3(C[C@@H]1C(C)(C)O)C1Cc4ccc(O)c5c4C3(CCN1CCC[18F])[C@H]2O5. The second kappa shape index (κ2) is 6.15. The summed E-state index contributed by atoms with van der Waals surface area (Å²) < 4.78 is 26.2. The van der Waals surface area contributed by atoms with E-state index < -0.39 is 11.2 Å². The minimum atomic E-state index is -0.913. The zero-order valence-electron chi connectivity index (χ0n) is 18.8. The zero-order chi connectivity index (χ0) is 21.8. The van der Waals surface area contributed by atoms with Crippen molar-refractivity contribution < 1.29 is 24.1 Å². The lowest BCUT2D eigenvalue weighted by atomic mass is 9.34. The summed E-state index contributed by atoms with van der Waals surface area (Å²) in [4.78, 5) is 2.52. The van der Waals surface area contributed by atoms with Crippen LogP contribution in [0.15, 0.2) is 12.1 Å². The van der Waals surface area contributed by atoms with Crippen molar-refractivity contribution in [1.29, 1.82) is 0 Å². The van der Waals surface area contributed by atoms with Crippen molar-refractivity contribution in [3.05, 3.63) is 23.3 Å². The van der Waals surface area contributed by atoms with Gasteiger partial charge in [0, 0.05) is 42.0 Å². The van der Waals surface area contributed by atoms with Crippen LogP contribution in [0.4, 0.5) is 4.39 Å². The van der Waals surface area contributed by atoms with E-state index >= 15 is 0 Å². The van der Waals surface area contributed by atoms with E-state index in [1.54, 1.807) is 13.2 Å². The summed E-state index contributed by atoms with van der Waals surface area (Å²) in [5.41, 5.74) is 0.670. The summed E-state index contributed by atoms with van der Waals surface area (Å²) in [5, 5.41) is 22.1. The lowest BCUT2D eigenvalue weighted by molar-refractivity contribution is -0.300. The van der Waals surface area contributed by atoms with Gasteiger partial charge in [-0.1, -0.05) is 6.07 Å². The molecule has 6 atom stereocenters. The number of alkyl halides is 1. The first-order chi connectivity index (χ1) is 14.7. The Bertz CT molecular complexity index is 931. The minimum absolute atomic E-state index is 0.0663. The van der Waals surface area contributed by atoms with Crippen molar-refractivity contribution in [2.75, 3.05) is 26.9 Å². The molecule has 1 aromatic carbocycles. The third kappa shape index (κ3) is 2.13. The third-order valence-electron chi connectivity index (χ3n) is 9.90. The van der Waals surface area contributed by atoms with Gasteiger partial charge in [-0.05, 0) is 70.5 Å². The molecule has 1 saturated heterocycles. The fourth-order valence-electron chi connectivity index (χ4n) is 8.91. The average molecular weight is 431 g/mol. The van der Waals surface area contributed by atoms with Gasteiger partial charge in [-0.15, -0.1) is 0 Å². The van der Waals surface area contributed by atoms with Crippen LogP contribution in [0, 0.1) is 11.3 Å². The van der Waals surface area contributed by atoms with E-state index in [1.807, 2.05) is 13.8 Å². The Morgan fingerprint density at radius 3 is 2.81 bits per heavy atom. The van der Waals surface area contributed by atoms with Crippen LogP contribution in [0.25, 0.3) is 0 Å². The number of aromatic hydroxyl groups is 1. The number of likely N-dealkylation sites (tertiary alicyclic amines) is 1. The number of rotatable bonds is 5. The predicted octanol–water partition coefficient (Wildman–Crippen LogP) is 3.34. The van der Waals surface area contributed by atoms with Gasteiger partial charge in [0.25, 0.3) is 0 Å². The molecule has 2 N–H and O–H groups in total. The number of methoxy groups -OCH3 is 1. The molecule has 6 heteroatoms. The molecule has 170 valence electrons. The van der Waals surface area contributed by atoms with E-state index in [4.69, 9.17) is 9.47 Å². The maximum absolute atomic E-state index is 13.1. The van der Waals surface area contributed by atoms with E-state index in [2.05, 4.69) is 11.0 Å². The molecule has 2 spiro atoms. The Balaban J connectivity index is 1.61. The number of hydrogen-bond donors (Lipinski definition) is 2. The summed E-state index contributed by atoms with van der Waals surface area (Å²) in [6.45, 7) is 5.18. The summed E-state index contributed by atoms with van der Waals surface area (Å²) in [7, 11) is 1.76. The lowest BCUT2D eigenvalue weighted by Crippen LogP contribution is -2.82. The Kier molecular flexibility index (Phi) is 4.02. The van der Waals surface area contributed by atoms with Gasteiger partial charge in [-0.2, -0.15) is 0 Å². The number of nitrogens with zero attached hydrogens (tertiary/aromatic N) is 1. The maximum Gasteiger partial charge on any atom is 0.165 e. The molecule has 4 aliphatic carbocycles. The molecule has 2 unspecified atom stereocenters. The fourth-order valence-corrected chi connectivity index (χ4v) is 8.91. The number of piperidine rings is 1. The third-order valence-corrected chi connectivity index (χ3v) is 9.90. The minimum Gasteiger partial charge on any atom is -0.504 e. The van der Waals surface area contributed by atoms with Gasteiger partial charge in [0.2, 0.25) is 0 Å². The highest BCUT2D eigenvalue weighted by atomic mass is 18.2. The molecule has 6 aliphatic rings. The largest absolute Gasteiger partial charge is 0.504 e. The Hall–Kier alpha value is -1.37. The molecule has 4 bridgehead atoms. The Morgan fingerprint density at radius 2 is 2.10 bits per heavy atom. The van der Waals surface area contributed by atoms with Crippen LogP contribution >= 0.6 is 0 Å². The topological polar surface area (TPSA) is 62.2 Å². The second-order valence-corrected chi connectivity index (χ2v) is 11.2. The Morgan fingerprint density at radius 1 is 1.29 bits per heavy atom. The van der Waals surface area contributed by atoms with Crippen LogP contribution in [0.3, 0.4) is 0 Å². The zero-order valence-corrected chi connectivity index (χ0v) is 18.8. The van der Waals surface area contributed by atoms with Gasteiger partial charge < -0.3 is 19.7 Å². The smallest absolute Gasteiger partial charge is 0.165 e. The maximum atomic E-state index is 13.1. The predicted molar refractivity (Wildman–Crippen MR) is 114 cm³/mol. The normalized spacial score (nSPS) is 42.4. The van der Waals surface area contributed by atoms with Crippen molar-refractivity contribution in [2.45, 2.75) is 81.1 Å². The van der Waals surface area contributed by atoms with Gasteiger partial charge in [0.15, 0.2) is 11.5 Å². The molecule has 1 aromatic rings. The molecule has 2 aliphatic heterocycles. The number of hydrogen-bond acceptors (Lipinski definition) is 5. The summed E-state index contributed by atoms with van der Waals surface area (Å²) in [5.74, 6) is 0.780. The quantitative estimate of drug-likeness (QED) is 0.750. The Labute approximate surface area is 183 Å².